The minimum absolute atomic E-state index is 0.146. The molecular weight excluding hydrogens is 292 g/mol. The molecule has 1 atom stereocenters. The standard InChI is InChI=1S/C13H20N4O3S/c1-21(19,20)17-7-6-16(8-11(9-17)13(14)18)10-12-4-2-3-5-15-12/h2-5,11H,6-10H2,1H3,(H2,14,18). The molecule has 1 fully saturated rings. The number of nitrogens with two attached hydrogens (primary N) is 1. The van der Waals surface area contributed by atoms with Gasteiger partial charge in [-0.3, -0.25) is 14.7 Å². The number of primary amides is 1. The van der Waals surface area contributed by atoms with Gasteiger partial charge in [0, 0.05) is 38.9 Å². The minimum atomic E-state index is -3.33. The summed E-state index contributed by atoms with van der Waals surface area (Å²) in [6.45, 7) is 2.07. The van der Waals surface area contributed by atoms with Gasteiger partial charge in [-0.25, -0.2) is 12.7 Å². The molecule has 1 saturated heterocycles. The molecule has 0 bridgehead atoms. The highest BCUT2D eigenvalue weighted by Crippen LogP contribution is 2.14. The Morgan fingerprint density at radius 2 is 2.14 bits per heavy atom. The van der Waals surface area contributed by atoms with Gasteiger partial charge in [-0.15, -0.1) is 0 Å². The number of nitrogens with zero attached hydrogens (tertiary/aromatic N) is 3. The smallest absolute Gasteiger partial charge is 0.223 e. The lowest BCUT2D eigenvalue weighted by atomic mass is 10.1. The fraction of sp³-hybridized carbons (Fsp3) is 0.538. The molecule has 21 heavy (non-hydrogen) atoms. The highest BCUT2D eigenvalue weighted by atomic mass is 32.2. The van der Waals surface area contributed by atoms with Crippen molar-refractivity contribution in [2.75, 3.05) is 32.4 Å². The largest absolute Gasteiger partial charge is 0.369 e. The van der Waals surface area contributed by atoms with E-state index in [2.05, 4.69) is 4.98 Å². The first-order chi connectivity index (χ1) is 9.86. The van der Waals surface area contributed by atoms with Crippen LogP contribution in [0.25, 0.3) is 0 Å². The molecular formula is C13H20N4O3S. The summed E-state index contributed by atoms with van der Waals surface area (Å²) in [6.07, 6.45) is 2.86. The second-order valence-electron chi connectivity index (χ2n) is 5.28. The molecule has 1 aliphatic heterocycles. The van der Waals surface area contributed by atoms with Crippen LogP contribution in [0.4, 0.5) is 0 Å². The van der Waals surface area contributed by atoms with Crippen LogP contribution in [0.3, 0.4) is 0 Å². The molecule has 0 radical (unpaired) electrons. The summed E-state index contributed by atoms with van der Waals surface area (Å²) in [4.78, 5) is 17.8. The third kappa shape index (κ3) is 4.48. The Labute approximate surface area is 124 Å². The van der Waals surface area contributed by atoms with Gasteiger partial charge in [-0.1, -0.05) is 6.07 Å². The molecule has 0 saturated carbocycles. The SMILES string of the molecule is CS(=O)(=O)N1CCN(Cc2ccccn2)CC(C(N)=O)C1. The van der Waals surface area contributed by atoms with E-state index >= 15 is 0 Å². The van der Waals surface area contributed by atoms with Crippen LogP contribution in [0.1, 0.15) is 5.69 Å². The summed E-state index contributed by atoms with van der Waals surface area (Å²) in [5, 5.41) is 0. The fourth-order valence-corrected chi connectivity index (χ4v) is 3.26. The lowest BCUT2D eigenvalue weighted by Gasteiger charge is -2.21. The van der Waals surface area contributed by atoms with E-state index in [1.807, 2.05) is 23.1 Å². The van der Waals surface area contributed by atoms with Gasteiger partial charge in [0.1, 0.15) is 0 Å². The van der Waals surface area contributed by atoms with Crippen LogP contribution in [0.15, 0.2) is 24.4 Å². The maximum absolute atomic E-state index is 11.7. The fourth-order valence-electron chi connectivity index (χ4n) is 2.40. The van der Waals surface area contributed by atoms with Crippen LogP contribution in [0.2, 0.25) is 0 Å². The van der Waals surface area contributed by atoms with Gasteiger partial charge in [-0.05, 0) is 12.1 Å². The Kier molecular flexibility index (Phi) is 4.92. The second kappa shape index (κ2) is 6.50. The van der Waals surface area contributed by atoms with Crippen molar-refractivity contribution in [1.82, 2.24) is 14.2 Å². The molecule has 1 aromatic rings. The van der Waals surface area contributed by atoms with Crippen molar-refractivity contribution in [3.8, 4) is 0 Å². The highest BCUT2D eigenvalue weighted by Gasteiger charge is 2.30. The van der Waals surface area contributed by atoms with Crippen molar-refractivity contribution in [1.29, 1.82) is 0 Å². The number of amides is 1. The molecule has 0 spiro atoms. The zero-order valence-corrected chi connectivity index (χ0v) is 12.8. The van der Waals surface area contributed by atoms with Gasteiger partial charge in [0.25, 0.3) is 0 Å². The average molecular weight is 312 g/mol. The molecule has 1 aromatic heterocycles. The minimum Gasteiger partial charge on any atom is -0.369 e. The van der Waals surface area contributed by atoms with Gasteiger partial charge in [0.15, 0.2) is 0 Å². The third-order valence-electron chi connectivity index (χ3n) is 3.55. The Morgan fingerprint density at radius 1 is 1.38 bits per heavy atom. The van der Waals surface area contributed by atoms with Crippen molar-refractivity contribution in [3.05, 3.63) is 30.1 Å². The molecule has 0 aromatic carbocycles. The molecule has 2 N–H and O–H groups in total. The lowest BCUT2D eigenvalue weighted by Crippen LogP contribution is -2.40. The zero-order chi connectivity index (χ0) is 15.5. The number of hydrogen-bond donors (Lipinski definition) is 1. The van der Waals surface area contributed by atoms with Crippen molar-refractivity contribution in [2.45, 2.75) is 6.54 Å². The first kappa shape index (κ1) is 15.9. The van der Waals surface area contributed by atoms with E-state index in [1.165, 1.54) is 4.31 Å². The summed E-state index contributed by atoms with van der Waals surface area (Å²) < 4.78 is 24.8. The van der Waals surface area contributed by atoms with E-state index in [9.17, 15) is 13.2 Å². The number of carbonyl (C=O) groups is 1. The van der Waals surface area contributed by atoms with Crippen molar-refractivity contribution in [2.24, 2.45) is 11.7 Å². The predicted octanol–water partition coefficient (Wildman–Crippen LogP) is -0.740. The van der Waals surface area contributed by atoms with Crippen LogP contribution in [-0.4, -0.2) is 60.9 Å². The summed E-state index contributed by atoms with van der Waals surface area (Å²) in [5.41, 5.74) is 6.28. The number of pyridine rings is 1. The topological polar surface area (TPSA) is 96.6 Å². The molecule has 2 rings (SSSR count). The van der Waals surface area contributed by atoms with E-state index in [0.717, 1.165) is 11.9 Å². The van der Waals surface area contributed by atoms with E-state index in [4.69, 9.17) is 5.73 Å². The van der Waals surface area contributed by atoms with Crippen molar-refractivity contribution < 1.29 is 13.2 Å². The maximum Gasteiger partial charge on any atom is 0.223 e. The van der Waals surface area contributed by atoms with Crippen LogP contribution < -0.4 is 5.73 Å². The molecule has 1 amide bonds. The summed E-state index contributed by atoms with van der Waals surface area (Å²) >= 11 is 0. The Morgan fingerprint density at radius 3 is 2.71 bits per heavy atom. The van der Waals surface area contributed by atoms with Crippen molar-refractivity contribution >= 4 is 15.9 Å². The predicted molar refractivity (Wildman–Crippen MR) is 78.6 cm³/mol. The monoisotopic (exact) mass is 312 g/mol. The highest BCUT2D eigenvalue weighted by molar-refractivity contribution is 7.88. The lowest BCUT2D eigenvalue weighted by molar-refractivity contribution is -0.122. The number of carbonyl (C=O) groups excluding carboxylic acids is 1. The van der Waals surface area contributed by atoms with Gasteiger partial charge < -0.3 is 5.73 Å². The Hall–Kier alpha value is -1.51. The van der Waals surface area contributed by atoms with E-state index in [1.54, 1.807) is 6.20 Å². The van der Waals surface area contributed by atoms with Crippen molar-refractivity contribution in [3.63, 3.8) is 0 Å². The van der Waals surface area contributed by atoms with E-state index in [-0.39, 0.29) is 6.54 Å². The zero-order valence-electron chi connectivity index (χ0n) is 12.0. The van der Waals surface area contributed by atoms with Crippen LogP contribution in [0.5, 0.6) is 0 Å². The molecule has 1 aliphatic rings. The normalized spacial score (nSPS) is 21.9. The number of rotatable bonds is 4. The first-order valence-electron chi connectivity index (χ1n) is 6.73. The van der Waals surface area contributed by atoms with Gasteiger partial charge in [0.2, 0.25) is 15.9 Å². The second-order valence-corrected chi connectivity index (χ2v) is 7.26. The Bertz CT molecular complexity index is 591. The molecule has 1 unspecified atom stereocenters. The van der Waals surface area contributed by atoms with E-state index < -0.39 is 21.8 Å². The molecule has 116 valence electrons. The average Bonchev–Trinajstić information content (AvgIpc) is 2.62. The summed E-state index contributed by atoms with van der Waals surface area (Å²) in [5.74, 6) is -0.984. The van der Waals surface area contributed by atoms with Crippen LogP contribution >= 0.6 is 0 Å². The maximum atomic E-state index is 11.7. The Balaban J connectivity index is 2.12. The molecule has 7 nitrogen and oxygen atoms in total. The summed E-state index contributed by atoms with van der Waals surface area (Å²) in [6, 6.07) is 5.64. The molecule has 8 heteroatoms. The number of hydrogen-bond acceptors (Lipinski definition) is 5. The molecule has 0 aliphatic carbocycles. The first-order valence-corrected chi connectivity index (χ1v) is 8.58. The van der Waals surface area contributed by atoms with Gasteiger partial charge in [-0.2, -0.15) is 0 Å². The van der Waals surface area contributed by atoms with Crippen LogP contribution in [0, 0.1) is 5.92 Å². The van der Waals surface area contributed by atoms with E-state index in [0.29, 0.717) is 26.2 Å². The van der Waals surface area contributed by atoms with Gasteiger partial charge in [0.05, 0.1) is 17.9 Å². The van der Waals surface area contributed by atoms with Gasteiger partial charge >= 0.3 is 0 Å². The quantitative estimate of drug-likeness (QED) is 0.790. The molecule has 2 heterocycles. The van der Waals surface area contributed by atoms with Crippen LogP contribution in [-0.2, 0) is 21.4 Å². The third-order valence-corrected chi connectivity index (χ3v) is 4.82. The number of sulfonamides is 1. The summed E-state index contributed by atoms with van der Waals surface area (Å²) in [7, 11) is -3.33. The number of aromatic nitrogens is 1.